The number of hydrogen-bond acceptors (Lipinski definition) is 1. The summed E-state index contributed by atoms with van der Waals surface area (Å²) in [5.41, 5.74) is 1.17. The number of nitrogens with zero attached hydrogens (tertiary/aromatic N) is 1. The summed E-state index contributed by atoms with van der Waals surface area (Å²) in [6.45, 7) is 2.62. The van der Waals surface area contributed by atoms with Gasteiger partial charge in [0.05, 0.1) is 0 Å². The van der Waals surface area contributed by atoms with Crippen LogP contribution in [0.3, 0.4) is 0 Å². The van der Waals surface area contributed by atoms with E-state index < -0.39 is 0 Å². The highest BCUT2D eigenvalue weighted by atomic mass is 16.2. The predicted molar refractivity (Wildman–Crippen MR) is 78.1 cm³/mol. The fourth-order valence-electron chi connectivity index (χ4n) is 4.73. The van der Waals surface area contributed by atoms with Crippen LogP contribution in [0.1, 0.15) is 24.8 Å². The number of likely N-dealkylation sites (tertiary alicyclic amines) is 1. The fourth-order valence-corrected chi connectivity index (χ4v) is 4.73. The molecule has 2 saturated carbocycles. The summed E-state index contributed by atoms with van der Waals surface area (Å²) in [4.78, 5) is 14.4. The van der Waals surface area contributed by atoms with Crippen molar-refractivity contribution in [2.75, 3.05) is 13.1 Å². The molecule has 106 valence electrons. The van der Waals surface area contributed by atoms with Crippen molar-refractivity contribution in [3.05, 3.63) is 35.9 Å². The topological polar surface area (TPSA) is 32.3 Å². The van der Waals surface area contributed by atoms with Gasteiger partial charge in [0.1, 0.15) is 0 Å². The second kappa shape index (κ2) is 4.80. The lowest BCUT2D eigenvalue weighted by Gasteiger charge is -2.22. The second-order valence-electron chi connectivity index (χ2n) is 6.71. The lowest BCUT2D eigenvalue weighted by molar-refractivity contribution is 0.202. The summed E-state index contributed by atoms with van der Waals surface area (Å²) in [6, 6.07) is 10.3. The van der Waals surface area contributed by atoms with Crippen LogP contribution in [0.25, 0.3) is 0 Å². The van der Waals surface area contributed by atoms with E-state index in [0.29, 0.717) is 6.54 Å². The Morgan fingerprint density at radius 3 is 2.40 bits per heavy atom. The summed E-state index contributed by atoms with van der Waals surface area (Å²) >= 11 is 0. The molecular formula is C17H22N2O. The van der Waals surface area contributed by atoms with Gasteiger partial charge in [0.2, 0.25) is 0 Å². The highest BCUT2D eigenvalue weighted by Crippen LogP contribution is 2.55. The van der Waals surface area contributed by atoms with Gasteiger partial charge in [-0.2, -0.15) is 0 Å². The highest BCUT2D eigenvalue weighted by Gasteiger charge is 2.52. The van der Waals surface area contributed by atoms with E-state index in [2.05, 4.69) is 22.3 Å². The normalized spacial score (nSPS) is 34.3. The molecule has 2 amide bonds. The molecule has 2 unspecified atom stereocenters. The van der Waals surface area contributed by atoms with Crippen molar-refractivity contribution in [3.8, 4) is 0 Å². The lowest BCUT2D eigenvalue weighted by atomic mass is 9.82. The van der Waals surface area contributed by atoms with Crippen molar-refractivity contribution >= 4 is 6.03 Å². The Morgan fingerprint density at radius 2 is 1.75 bits per heavy atom. The predicted octanol–water partition coefficient (Wildman–Crippen LogP) is 2.87. The summed E-state index contributed by atoms with van der Waals surface area (Å²) in [5.74, 6) is 3.43. The molecule has 1 aliphatic heterocycles. The van der Waals surface area contributed by atoms with Gasteiger partial charge in [-0.05, 0) is 48.5 Å². The van der Waals surface area contributed by atoms with Gasteiger partial charge in [0.25, 0.3) is 0 Å². The fraction of sp³-hybridized carbons (Fsp3) is 0.588. The standard InChI is InChI=1S/C17H22N2O/c20-17(18-9-12-4-2-1-3-5-12)19-10-15-13-6-7-14(8-13)16(15)11-19/h1-5,13-16H,6-11H2,(H,18,20)/t13?,14?,15-,16+. The van der Waals surface area contributed by atoms with Crippen molar-refractivity contribution in [3.63, 3.8) is 0 Å². The highest BCUT2D eigenvalue weighted by molar-refractivity contribution is 5.74. The molecular weight excluding hydrogens is 248 g/mol. The van der Waals surface area contributed by atoms with E-state index in [9.17, 15) is 4.79 Å². The Labute approximate surface area is 120 Å². The van der Waals surface area contributed by atoms with Crippen LogP contribution in [0, 0.1) is 23.7 Å². The smallest absolute Gasteiger partial charge is 0.317 e. The maximum Gasteiger partial charge on any atom is 0.317 e. The summed E-state index contributed by atoms with van der Waals surface area (Å²) in [6.07, 6.45) is 4.26. The maximum atomic E-state index is 12.3. The summed E-state index contributed by atoms with van der Waals surface area (Å²) in [7, 11) is 0. The molecule has 0 radical (unpaired) electrons. The third-order valence-electron chi connectivity index (χ3n) is 5.71. The molecule has 20 heavy (non-hydrogen) atoms. The van der Waals surface area contributed by atoms with E-state index >= 15 is 0 Å². The maximum absolute atomic E-state index is 12.3. The van der Waals surface area contributed by atoms with Gasteiger partial charge in [-0.25, -0.2) is 4.79 Å². The first kappa shape index (κ1) is 12.2. The number of hydrogen-bond donors (Lipinski definition) is 1. The van der Waals surface area contributed by atoms with Crippen LogP contribution in [0.4, 0.5) is 4.79 Å². The molecule has 4 atom stereocenters. The van der Waals surface area contributed by atoms with E-state index in [-0.39, 0.29) is 6.03 Å². The lowest BCUT2D eigenvalue weighted by Crippen LogP contribution is -2.38. The molecule has 1 N–H and O–H groups in total. The molecule has 0 aromatic heterocycles. The molecule has 3 aliphatic rings. The molecule has 2 aliphatic carbocycles. The van der Waals surface area contributed by atoms with Gasteiger partial charge in [-0.15, -0.1) is 0 Å². The van der Waals surface area contributed by atoms with Crippen LogP contribution in [-0.2, 0) is 6.54 Å². The van der Waals surface area contributed by atoms with E-state index in [1.807, 2.05) is 18.2 Å². The monoisotopic (exact) mass is 270 g/mol. The number of nitrogens with one attached hydrogen (secondary N) is 1. The van der Waals surface area contributed by atoms with E-state index in [1.165, 1.54) is 24.8 Å². The first-order chi connectivity index (χ1) is 9.81. The molecule has 1 aromatic carbocycles. The van der Waals surface area contributed by atoms with Crippen LogP contribution in [-0.4, -0.2) is 24.0 Å². The minimum atomic E-state index is 0.127. The van der Waals surface area contributed by atoms with Crippen LogP contribution in [0.2, 0.25) is 0 Å². The first-order valence-corrected chi connectivity index (χ1v) is 7.88. The van der Waals surface area contributed by atoms with Crippen molar-refractivity contribution < 1.29 is 4.79 Å². The molecule has 3 nitrogen and oxygen atoms in total. The number of fused-ring (bicyclic) bond motifs is 5. The molecule has 0 spiro atoms. The molecule has 1 saturated heterocycles. The van der Waals surface area contributed by atoms with Gasteiger partial charge in [0.15, 0.2) is 0 Å². The Hall–Kier alpha value is -1.51. The van der Waals surface area contributed by atoms with E-state index in [4.69, 9.17) is 0 Å². The average Bonchev–Trinajstić information content (AvgIpc) is 3.17. The molecule has 2 bridgehead atoms. The Morgan fingerprint density at radius 1 is 1.10 bits per heavy atom. The Balaban J connectivity index is 1.34. The summed E-state index contributed by atoms with van der Waals surface area (Å²) in [5, 5.41) is 3.07. The quantitative estimate of drug-likeness (QED) is 0.880. The van der Waals surface area contributed by atoms with Gasteiger partial charge < -0.3 is 10.2 Å². The second-order valence-corrected chi connectivity index (χ2v) is 6.71. The van der Waals surface area contributed by atoms with Crippen LogP contribution < -0.4 is 5.32 Å². The van der Waals surface area contributed by atoms with Crippen molar-refractivity contribution in [2.45, 2.75) is 25.8 Å². The zero-order valence-electron chi connectivity index (χ0n) is 11.8. The third-order valence-corrected chi connectivity index (χ3v) is 5.71. The van der Waals surface area contributed by atoms with Crippen molar-refractivity contribution in [1.29, 1.82) is 0 Å². The number of carbonyl (C=O) groups is 1. The molecule has 1 aromatic rings. The van der Waals surface area contributed by atoms with E-state index in [0.717, 1.165) is 36.8 Å². The van der Waals surface area contributed by atoms with Gasteiger partial charge in [-0.3, -0.25) is 0 Å². The largest absolute Gasteiger partial charge is 0.334 e. The van der Waals surface area contributed by atoms with Crippen LogP contribution in [0.5, 0.6) is 0 Å². The minimum Gasteiger partial charge on any atom is -0.334 e. The van der Waals surface area contributed by atoms with Gasteiger partial charge >= 0.3 is 6.03 Å². The Kier molecular flexibility index (Phi) is 2.94. The summed E-state index contributed by atoms with van der Waals surface area (Å²) < 4.78 is 0. The van der Waals surface area contributed by atoms with Crippen molar-refractivity contribution in [1.82, 2.24) is 10.2 Å². The van der Waals surface area contributed by atoms with Gasteiger partial charge in [-0.1, -0.05) is 30.3 Å². The SMILES string of the molecule is O=C(NCc1ccccc1)N1C[C@@H]2C3CCC(C3)[C@@H]2C1. The zero-order chi connectivity index (χ0) is 13.5. The molecule has 3 fully saturated rings. The number of amides is 2. The Bertz CT molecular complexity index is 483. The number of benzene rings is 1. The number of rotatable bonds is 2. The molecule has 3 heteroatoms. The third kappa shape index (κ3) is 2.00. The van der Waals surface area contributed by atoms with Crippen molar-refractivity contribution in [2.24, 2.45) is 23.7 Å². The number of carbonyl (C=O) groups excluding carboxylic acids is 1. The van der Waals surface area contributed by atoms with Crippen LogP contribution in [0.15, 0.2) is 30.3 Å². The first-order valence-electron chi connectivity index (χ1n) is 7.88. The van der Waals surface area contributed by atoms with Crippen LogP contribution >= 0.6 is 0 Å². The zero-order valence-corrected chi connectivity index (χ0v) is 11.8. The minimum absolute atomic E-state index is 0.127. The molecule has 4 rings (SSSR count). The molecule has 1 heterocycles. The number of urea groups is 1. The average molecular weight is 270 g/mol. The van der Waals surface area contributed by atoms with Gasteiger partial charge in [0, 0.05) is 19.6 Å². The van der Waals surface area contributed by atoms with E-state index in [1.54, 1.807) is 0 Å².